The van der Waals surface area contributed by atoms with E-state index >= 15 is 0 Å². The molecule has 0 aromatic carbocycles. The second-order valence-corrected chi connectivity index (χ2v) is 3.44. The predicted octanol–water partition coefficient (Wildman–Crippen LogP) is 0.894. The summed E-state index contributed by atoms with van der Waals surface area (Å²) in [6.45, 7) is 4.21. The van der Waals surface area contributed by atoms with Crippen molar-refractivity contribution in [3.8, 4) is 0 Å². The third-order valence-corrected chi connectivity index (χ3v) is 2.22. The highest BCUT2D eigenvalue weighted by Crippen LogP contribution is 2.05. The van der Waals surface area contributed by atoms with Gasteiger partial charge in [0, 0.05) is 19.7 Å². The van der Waals surface area contributed by atoms with Crippen molar-refractivity contribution < 1.29 is 9.18 Å². The molecule has 1 atom stereocenters. The monoisotopic (exact) mass is 226 g/mol. The van der Waals surface area contributed by atoms with Crippen LogP contribution in [0.15, 0.2) is 12.4 Å². The SMILES string of the molecule is CCN(C)C(=O)C(C)Nc1cc(F)ncn1. The minimum absolute atomic E-state index is 0.0680. The molecule has 0 saturated carbocycles. The molecule has 1 heterocycles. The molecule has 0 aliphatic heterocycles. The Labute approximate surface area is 93.7 Å². The molecular weight excluding hydrogens is 211 g/mol. The van der Waals surface area contributed by atoms with Crippen LogP contribution in [0.5, 0.6) is 0 Å². The van der Waals surface area contributed by atoms with Crippen LogP contribution < -0.4 is 5.32 Å². The number of anilines is 1. The molecule has 0 aliphatic carbocycles. The largest absolute Gasteiger partial charge is 0.358 e. The van der Waals surface area contributed by atoms with Gasteiger partial charge in [0.2, 0.25) is 11.9 Å². The van der Waals surface area contributed by atoms with E-state index in [9.17, 15) is 9.18 Å². The zero-order valence-corrected chi connectivity index (χ0v) is 9.57. The molecule has 1 N–H and O–H groups in total. The molecule has 0 spiro atoms. The second-order valence-electron chi connectivity index (χ2n) is 3.44. The van der Waals surface area contributed by atoms with Crippen LogP contribution in [-0.4, -0.2) is 40.4 Å². The average molecular weight is 226 g/mol. The molecule has 1 unspecified atom stereocenters. The number of hydrogen-bond acceptors (Lipinski definition) is 4. The molecule has 0 aliphatic rings. The van der Waals surface area contributed by atoms with E-state index in [2.05, 4.69) is 15.3 Å². The Bertz CT molecular complexity index is 372. The molecule has 5 nitrogen and oxygen atoms in total. The van der Waals surface area contributed by atoms with E-state index in [0.717, 1.165) is 12.4 Å². The van der Waals surface area contributed by atoms with Crippen LogP contribution in [0.1, 0.15) is 13.8 Å². The Kier molecular flexibility index (Phi) is 4.16. The molecule has 1 aromatic heterocycles. The van der Waals surface area contributed by atoms with E-state index in [-0.39, 0.29) is 5.91 Å². The fourth-order valence-corrected chi connectivity index (χ4v) is 1.18. The first kappa shape index (κ1) is 12.4. The van der Waals surface area contributed by atoms with Crippen molar-refractivity contribution in [2.45, 2.75) is 19.9 Å². The number of likely N-dealkylation sites (N-methyl/N-ethyl adjacent to an activating group) is 1. The number of carbonyl (C=O) groups is 1. The fraction of sp³-hybridized carbons (Fsp3) is 0.500. The van der Waals surface area contributed by atoms with Gasteiger partial charge >= 0.3 is 0 Å². The lowest BCUT2D eigenvalue weighted by Crippen LogP contribution is -2.39. The normalized spacial score (nSPS) is 12.0. The highest BCUT2D eigenvalue weighted by molar-refractivity contribution is 5.83. The summed E-state index contributed by atoms with van der Waals surface area (Å²) in [5.74, 6) is -0.389. The fourth-order valence-electron chi connectivity index (χ4n) is 1.18. The Morgan fingerprint density at radius 1 is 1.62 bits per heavy atom. The van der Waals surface area contributed by atoms with Crippen LogP contribution in [0.2, 0.25) is 0 Å². The smallest absolute Gasteiger partial charge is 0.244 e. The van der Waals surface area contributed by atoms with Gasteiger partial charge in [-0.3, -0.25) is 4.79 Å². The number of carbonyl (C=O) groups excluding carboxylic acids is 1. The Morgan fingerprint density at radius 3 is 2.88 bits per heavy atom. The van der Waals surface area contributed by atoms with Gasteiger partial charge < -0.3 is 10.2 Å². The Hall–Kier alpha value is -1.72. The van der Waals surface area contributed by atoms with Crippen LogP contribution in [0.25, 0.3) is 0 Å². The van der Waals surface area contributed by atoms with Crippen molar-refractivity contribution in [3.63, 3.8) is 0 Å². The summed E-state index contributed by atoms with van der Waals surface area (Å²) < 4.78 is 12.8. The van der Waals surface area contributed by atoms with Crippen LogP contribution in [0.4, 0.5) is 10.2 Å². The molecular formula is C10H15FN4O. The molecule has 0 fully saturated rings. The highest BCUT2D eigenvalue weighted by atomic mass is 19.1. The Morgan fingerprint density at radius 2 is 2.31 bits per heavy atom. The average Bonchev–Trinajstić information content (AvgIpc) is 2.27. The zero-order valence-electron chi connectivity index (χ0n) is 9.57. The quantitative estimate of drug-likeness (QED) is 0.775. The van der Waals surface area contributed by atoms with Crippen LogP contribution in [0.3, 0.4) is 0 Å². The minimum Gasteiger partial charge on any atom is -0.358 e. The summed E-state index contributed by atoms with van der Waals surface area (Å²) in [4.78, 5) is 20.4. The van der Waals surface area contributed by atoms with E-state index < -0.39 is 12.0 Å². The van der Waals surface area contributed by atoms with Gasteiger partial charge in [-0.25, -0.2) is 9.97 Å². The molecule has 1 amide bonds. The third kappa shape index (κ3) is 3.15. The highest BCUT2D eigenvalue weighted by Gasteiger charge is 2.16. The number of aromatic nitrogens is 2. The van der Waals surface area contributed by atoms with E-state index in [1.807, 2.05) is 6.92 Å². The van der Waals surface area contributed by atoms with Crippen molar-refractivity contribution in [1.29, 1.82) is 0 Å². The lowest BCUT2D eigenvalue weighted by Gasteiger charge is -2.20. The van der Waals surface area contributed by atoms with Crippen molar-refractivity contribution >= 4 is 11.7 Å². The Balaban J connectivity index is 2.64. The summed E-state index contributed by atoms with van der Waals surface area (Å²) in [6, 6.07) is 0.703. The van der Waals surface area contributed by atoms with Gasteiger partial charge in [-0.1, -0.05) is 0 Å². The number of hydrogen-bond donors (Lipinski definition) is 1. The maximum atomic E-state index is 12.8. The number of nitrogens with one attached hydrogen (secondary N) is 1. The minimum atomic E-state index is -0.624. The summed E-state index contributed by atoms with van der Waals surface area (Å²) in [5.41, 5.74) is 0. The van der Waals surface area contributed by atoms with Crippen molar-refractivity contribution in [1.82, 2.24) is 14.9 Å². The predicted molar refractivity (Wildman–Crippen MR) is 58.4 cm³/mol. The number of halogens is 1. The number of nitrogens with zero attached hydrogens (tertiary/aromatic N) is 3. The van der Waals surface area contributed by atoms with Crippen molar-refractivity contribution in [2.75, 3.05) is 18.9 Å². The van der Waals surface area contributed by atoms with Crippen LogP contribution in [-0.2, 0) is 4.79 Å². The van der Waals surface area contributed by atoms with Gasteiger partial charge in [0.15, 0.2) is 0 Å². The lowest BCUT2D eigenvalue weighted by atomic mass is 10.3. The van der Waals surface area contributed by atoms with Crippen molar-refractivity contribution in [2.24, 2.45) is 0 Å². The van der Waals surface area contributed by atoms with E-state index in [1.165, 1.54) is 0 Å². The molecule has 0 bridgehead atoms. The van der Waals surface area contributed by atoms with Gasteiger partial charge in [0.05, 0.1) is 0 Å². The maximum Gasteiger partial charge on any atom is 0.244 e. The molecule has 88 valence electrons. The van der Waals surface area contributed by atoms with Gasteiger partial charge in [0.1, 0.15) is 18.2 Å². The zero-order chi connectivity index (χ0) is 12.1. The van der Waals surface area contributed by atoms with Gasteiger partial charge in [-0.2, -0.15) is 4.39 Å². The molecule has 1 rings (SSSR count). The second kappa shape index (κ2) is 5.39. The van der Waals surface area contributed by atoms with Gasteiger partial charge in [-0.15, -0.1) is 0 Å². The molecule has 16 heavy (non-hydrogen) atoms. The van der Waals surface area contributed by atoms with E-state index in [0.29, 0.717) is 12.4 Å². The topological polar surface area (TPSA) is 58.1 Å². The van der Waals surface area contributed by atoms with E-state index in [4.69, 9.17) is 0 Å². The third-order valence-electron chi connectivity index (χ3n) is 2.22. The summed E-state index contributed by atoms with van der Waals surface area (Å²) in [7, 11) is 1.71. The number of rotatable bonds is 4. The first-order valence-electron chi connectivity index (χ1n) is 5.03. The summed E-state index contributed by atoms with van der Waals surface area (Å²) in [5, 5.41) is 2.82. The van der Waals surface area contributed by atoms with Crippen LogP contribution >= 0.6 is 0 Å². The standard InChI is InChI=1S/C10H15FN4O/c1-4-15(3)10(16)7(2)14-9-5-8(11)12-6-13-9/h5-7H,4H2,1-3H3,(H,12,13,14). The number of amides is 1. The van der Waals surface area contributed by atoms with E-state index in [1.54, 1.807) is 18.9 Å². The first-order chi connectivity index (χ1) is 7.54. The molecule has 0 radical (unpaired) electrons. The first-order valence-corrected chi connectivity index (χ1v) is 5.03. The molecule has 1 aromatic rings. The molecule has 0 saturated heterocycles. The van der Waals surface area contributed by atoms with Crippen molar-refractivity contribution in [3.05, 3.63) is 18.3 Å². The van der Waals surface area contributed by atoms with Crippen LogP contribution in [0, 0.1) is 5.95 Å². The summed E-state index contributed by atoms with van der Waals surface area (Å²) >= 11 is 0. The lowest BCUT2D eigenvalue weighted by molar-refractivity contribution is -0.130. The molecule has 6 heteroatoms. The maximum absolute atomic E-state index is 12.8. The van der Waals surface area contributed by atoms with Gasteiger partial charge in [0.25, 0.3) is 0 Å². The van der Waals surface area contributed by atoms with Gasteiger partial charge in [-0.05, 0) is 13.8 Å². The summed E-state index contributed by atoms with van der Waals surface area (Å²) in [6.07, 6.45) is 1.11.